The number of furan rings is 1. The van der Waals surface area contributed by atoms with E-state index in [0.29, 0.717) is 28.7 Å². The van der Waals surface area contributed by atoms with Gasteiger partial charge in [0.05, 0.1) is 18.4 Å². The highest BCUT2D eigenvalue weighted by Crippen LogP contribution is 2.22. The molecule has 6 heteroatoms. The molecule has 1 aromatic carbocycles. The molecule has 3 aromatic rings. The highest BCUT2D eigenvalue weighted by molar-refractivity contribution is 5.78. The van der Waals surface area contributed by atoms with Gasteiger partial charge in [0.15, 0.2) is 5.76 Å². The number of phenols is 1. The maximum atomic E-state index is 12.0. The number of nitrogens with zero attached hydrogens (tertiary/aromatic N) is 1. The van der Waals surface area contributed by atoms with Gasteiger partial charge in [0.1, 0.15) is 11.5 Å². The monoisotopic (exact) mass is 312 g/mol. The molecule has 0 bridgehead atoms. The first-order chi connectivity index (χ1) is 11.1. The van der Waals surface area contributed by atoms with Crippen LogP contribution in [-0.2, 0) is 17.8 Å². The SMILES string of the molecule is Cc1oc(-c2ccco2)nc1CC(=O)NCc1ccccc1O. The number of carbonyl (C=O) groups excluding carboxylic acids is 1. The minimum atomic E-state index is -0.198. The Bertz CT molecular complexity index is 806. The minimum absolute atomic E-state index is 0.101. The largest absolute Gasteiger partial charge is 0.508 e. The predicted molar refractivity (Wildman–Crippen MR) is 82.6 cm³/mol. The maximum absolute atomic E-state index is 12.0. The fourth-order valence-corrected chi connectivity index (χ4v) is 2.17. The van der Waals surface area contributed by atoms with Gasteiger partial charge in [-0.15, -0.1) is 0 Å². The third-order valence-corrected chi connectivity index (χ3v) is 3.42. The van der Waals surface area contributed by atoms with E-state index in [4.69, 9.17) is 8.83 Å². The molecular formula is C17H16N2O4. The fourth-order valence-electron chi connectivity index (χ4n) is 2.17. The minimum Gasteiger partial charge on any atom is -0.508 e. The number of hydrogen-bond acceptors (Lipinski definition) is 5. The van der Waals surface area contributed by atoms with Crippen molar-refractivity contribution in [3.05, 3.63) is 59.7 Å². The Labute approximate surface area is 132 Å². The molecule has 23 heavy (non-hydrogen) atoms. The first-order valence-electron chi connectivity index (χ1n) is 7.17. The van der Waals surface area contributed by atoms with Gasteiger partial charge in [-0.1, -0.05) is 18.2 Å². The van der Waals surface area contributed by atoms with E-state index in [0.717, 1.165) is 0 Å². The van der Waals surface area contributed by atoms with Crippen LogP contribution >= 0.6 is 0 Å². The lowest BCUT2D eigenvalue weighted by molar-refractivity contribution is -0.120. The lowest BCUT2D eigenvalue weighted by atomic mass is 10.2. The number of hydrogen-bond donors (Lipinski definition) is 2. The van der Waals surface area contributed by atoms with Crippen LogP contribution in [0.3, 0.4) is 0 Å². The summed E-state index contributed by atoms with van der Waals surface area (Å²) in [5, 5.41) is 12.4. The third kappa shape index (κ3) is 3.42. The van der Waals surface area contributed by atoms with E-state index in [9.17, 15) is 9.90 Å². The average molecular weight is 312 g/mol. The van der Waals surface area contributed by atoms with Gasteiger partial charge in [0, 0.05) is 12.1 Å². The number of aryl methyl sites for hydroxylation is 1. The second-order valence-corrected chi connectivity index (χ2v) is 5.08. The normalized spacial score (nSPS) is 10.7. The molecule has 0 spiro atoms. The van der Waals surface area contributed by atoms with Crippen molar-refractivity contribution in [2.45, 2.75) is 19.9 Å². The molecule has 0 aliphatic carbocycles. The zero-order valence-corrected chi connectivity index (χ0v) is 12.6. The van der Waals surface area contributed by atoms with Gasteiger partial charge in [-0.25, -0.2) is 4.98 Å². The number of rotatable bonds is 5. The summed E-state index contributed by atoms with van der Waals surface area (Å²) < 4.78 is 10.7. The highest BCUT2D eigenvalue weighted by Gasteiger charge is 2.16. The van der Waals surface area contributed by atoms with Gasteiger partial charge in [0.2, 0.25) is 5.91 Å². The van der Waals surface area contributed by atoms with Crippen molar-refractivity contribution in [3.63, 3.8) is 0 Å². The fraction of sp³-hybridized carbons (Fsp3) is 0.176. The van der Waals surface area contributed by atoms with Gasteiger partial charge < -0.3 is 19.3 Å². The Balaban J connectivity index is 1.63. The van der Waals surface area contributed by atoms with Crippen LogP contribution in [0.4, 0.5) is 0 Å². The van der Waals surface area contributed by atoms with Crippen LogP contribution in [0.2, 0.25) is 0 Å². The second-order valence-electron chi connectivity index (χ2n) is 5.08. The zero-order valence-electron chi connectivity index (χ0n) is 12.6. The molecule has 0 fully saturated rings. The van der Waals surface area contributed by atoms with E-state index in [-0.39, 0.29) is 24.6 Å². The van der Waals surface area contributed by atoms with E-state index >= 15 is 0 Å². The van der Waals surface area contributed by atoms with E-state index in [2.05, 4.69) is 10.3 Å². The highest BCUT2D eigenvalue weighted by atomic mass is 16.4. The van der Waals surface area contributed by atoms with Crippen molar-refractivity contribution in [3.8, 4) is 17.4 Å². The van der Waals surface area contributed by atoms with Crippen LogP contribution in [0, 0.1) is 6.92 Å². The Morgan fingerprint density at radius 1 is 1.26 bits per heavy atom. The standard InChI is InChI=1S/C17H16N2O4/c1-11-13(19-17(23-11)15-7-4-8-22-15)9-16(21)18-10-12-5-2-3-6-14(12)20/h2-8,20H,9-10H2,1H3,(H,18,21). The Morgan fingerprint density at radius 2 is 2.09 bits per heavy atom. The molecule has 0 saturated heterocycles. The summed E-state index contributed by atoms with van der Waals surface area (Å²) in [6.07, 6.45) is 1.64. The van der Waals surface area contributed by atoms with Gasteiger partial charge in [-0.3, -0.25) is 4.79 Å². The van der Waals surface area contributed by atoms with Crippen LogP contribution in [0.25, 0.3) is 11.7 Å². The van der Waals surface area contributed by atoms with Crippen LogP contribution < -0.4 is 5.32 Å². The molecular weight excluding hydrogens is 296 g/mol. The summed E-state index contributed by atoms with van der Waals surface area (Å²) in [7, 11) is 0. The second kappa shape index (κ2) is 6.39. The molecule has 0 saturated carbocycles. The molecule has 3 rings (SSSR count). The average Bonchev–Trinajstić information content (AvgIpc) is 3.17. The van der Waals surface area contributed by atoms with E-state index in [1.54, 1.807) is 43.3 Å². The lowest BCUT2D eigenvalue weighted by Gasteiger charge is -2.06. The number of nitrogens with one attached hydrogen (secondary N) is 1. The Hall–Kier alpha value is -3.02. The molecule has 1 amide bonds. The van der Waals surface area contributed by atoms with Crippen LogP contribution in [0.1, 0.15) is 17.0 Å². The van der Waals surface area contributed by atoms with Gasteiger partial charge in [0.25, 0.3) is 5.89 Å². The Morgan fingerprint density at radius 3 is 2.83 bits per heavy atom. The number of aromatic nitrogens is 1. The van der Waals surface area contributed by atoms with Crippen molar-refractivity contribution in [1.29, 1.82) is 0 Å². The number of para-hydroxylation sites is 1. The summed E-state index contributed by atoms with van der Waals surface area (Å²) >= 11 is 0. The molecule has 0 unspecified atom stereocenters. The van der Waals surface area contributed by atoms with Crippen LogP contribution in [0.15, 0.2) is 51.5 Å². The zero-order chi connectivity index (χ0) is 16.2. The van der Waals surface area contributed by atoms with Crippen molar-refractivity contribution in [2.75, 3.05) is 0 Å². The van der Waals surface area contributed by atoms with E-state index < -0.39 is 0 Å². The predicted octanol–water partition coefficient (Wildman–Crippen LogP) is 2.81. The molecule has 0 radical (unpaired) electrons. The van der Waals surface area contributed by atoms with Crippen molar-refractivity contribution in [2.24, 2.45) is 0 Å². The third-order valence-electron chi connectivity index (χ3n) is 3.42. The smallest absolute Gasteiger partial charge is 0.263 e. The summed E-state index contributed by atoms with van der Waals surface area (Å²) in [4.78, 5) is 16.3. The maximum Gasteiger partial charge on any atom is 0.263 e. The topological polar surface area (TPSA) is 88.5 Å². The van der Waals surface area contributed by atoms with Crippen LogP contribution in [0.5, 0.6) is 5.75 Å². The van der Waals surface area contributed by atoms with Crippen LogP contribution in [-0.4, -0.2) is 16.0 Å². The van der Waals surface area contributed by atoms with Crippen molar-refractivity contribution in [1.82, 2.24) is 10.3 Å². The molecule has 2 heterocycles. The van der Waals surface area contributed by atoms with Crippen molar-refractivity contribution < 1.29 is 18.7 Å². The number of aromatic hydroxyl groups is 1. The molecule has 0 aliphatic rings. The number of oxazole rings is 1. The molecule has 2 aromatic heterocycles. The summed E-state index contributed by atoms with van der Waals surface area (Å²) in [6.45, 7) is 2.01. The first-order valence-corrected chi connectivity index (χ1v) is 7.17. The molecule has 118 valence electrons. The quantitative estimate of drug-likeness (QED) is 0.756. The summed E-state index contributed by atoms with van der Waals surface area (Å²) in [5.41, 5.74) is 1.22. The number of carbonyl (C=O) groups is 1. The number of amides is 1. The first kappa shape index (κ1) is 14.9. The van der Waals surface area contributed by atoms with Gasteiger partial charge >= 0.3 is 0 Å². The molecule has 0 aliphatic heterocycles. The Kier molecular flexibility index (Phi) is 4.14. The molecule has 6 nitrogen and oxygen atoms in total. The van der Waals surface area contributed by atoms with Gasteiger partial charge in [-0.2, -0.15) is 0 Å². The van der Waals surface area contributed by atoms with Gasteiger partial charge in [-0.05, 0) is 25.1 Å². The molecule has 0 atom stereocenters. The van der Waals surface area contributed by atoms with E-state index in [1.807, 2.05) is 0 Å². The van der Waals surface area contributed by atoms with Crippen molar-refractivity contribution >= 4 is 5.91 Å². The number of phenolic OH excluding ortho intramolecular Hbond substituents is 1. The summed E-state index contributed by atoms with van der Waals surface area (Å²) in [6, 6.07) is 10.4. The van der Waals surface area contributed by atoms with E-state index in [1.165, 1.54) is 6.26 Å². The molecule has 2 N–H and O–H groups in total. The summed E-state index contributed by atoms with van der Waals surface area (Å²) in [5.74, 6) is 1.42. The lowest BCUT2D eigenvalue weighted by Crippen LogP contribution is -2.25. The number of benzene rings is 1.